The van der Waals surface area contributed by atoms with Crippen LogP contribution in [0.2, 0.25) is 0 Å². The normalized spacial score (nSPS) is 11.6. The number of fused-ring (bicyclic) bond motifs is 28. The Labute approximate surface area is 777 Å². The number of thiazole rings is 1. The molecule has 13 heteroatoms. The van der Waals surface area contributed by atoms with Crippen LogP contribution in [0.3, 0.4) is 0 Å². The molecule has 135 heavy (non-hydrogen) atoms. The third-order valence-electron chi connectivity index (χ3n) is 26.3. The van der Waals surface area contributed by atoms with Gasteiger partial charge in [0, 0.05) is 39.9 Å². The van der Waals surface area contributed by atoms with Gasteiger partial charge in [-0.05, 0) is 299 Å². The molecule has 0 spiro atoms. The summed E-state index contributed by atoms with van der Waals surface area (Å²) in [6, 6.07) is 142. The highest BCUT2D eigenvalue weighted by molar-refractivity contribution is 7.16. The van der Waals surface area contributed by atoms with Gasteiger partial charge in [0.1, 0.15) is 38.0 Å². The molecular weight excluding hydrogens is 1670 g/mol. The fourth-order valence-corrected chi connectivity index (χ4v) is 20.6. The van der Waals surface area contributed by atoms with Crippen molar-refractivity contribution in [3.63, 3.8) is 0 Å². The molecule has 0 aliphatic heterocycles. The summed E-state index contributed by atoms with van der Waals surface area (Å²) in [5, 5.41) is 34.8. The van der Waals surface area contributed by atoms with Crippen LogP contribution in [0.1, 0.15) is 0 Å². The maximum Gasteiger partial charge on any atom is 0.162 e. The summed E-state index contributed by atoms with van der Waals surface area (Å²) in [5.74, 6) is 2.02. The highest BCUT2D eigenvalue weighted by atomic mass is 32.1. The first-order valence-corrected chi connectivity index (χ1v) is 45.8. The van der Waals surface area contributed by atoms with Crippen molar-refractivity contribution in [3.05, 3.63) is 450 Å². The van der Waals surface area contributed by atoms with Gasteiger partial charge in [0.2, 0.25) is 0 Å². The summed E-state index contributed by atoms with van der Waals surface area (Å²) in [4.78, 5) is 51.0. The van der Waals surface area contributed by atoms with E-state index in [1.807, 2.05) is 30.0 Å². The van der Waals surface area contributed by atoms with Crippen molar-refractivity contribution in [2.24, 2.45) is 0 Å². The Morgan fingerprint density at radius 1 is 0.141 bits per heavy atom. The molecule has 22 aromatic carbocycles. The number of nitrogens with zero attached hydrogens (tertiary/aromatic N) is 12. The maximum atomic E-state index is 4.54. The summed E-state index contributed by atoms with van der Waals surface area (Å²) >= 11 is 1.69. The Morgan fingerprint density at radius 3 is 0.748 bits per heavy atom. The number of rotatable bonds is 8. The highest BCUT2D eigenvalue weighted by Gasteiger charge is 2.20. The van der Waals surface area contributed by atoms with Crippen LogP contribution in [0, 0.1) is 0 Å². The highest BCUT2D eigenvalue weighted by Crippen LogP contribution is 2.46. The van der Waals surface area contributed by atoms with Crippen molar-refractivity contribution < 1.29 is 0 Å². The van der Waals surface area contributed by atoms with E-state index in [0.29, 0.717) is 17.5 Å². The molecule has 0 saturated heterocycles. The van der Waals surface area contributed by atoms with Crippen molar-refractivity contribution in [2.75, 3.05) is 0 Å². The van der Waals surface area contributed by atoms with Gasteiger partial charge in [0.05, 0.1) is 26.8 Å². The molecule has 0 atom stereocenters. The standard InChI is InChI=1S/C46H28N2.C31H19NS.C24H14N6.C21H13N3/c1-2-6-30-23-31(10-9-29(30)5-1)34-11-16-39-42(26-34)40-17-12-35(32-14-19-45-37(24-32)7-3-21-47-45)28-44(40)41-18-13-36(27-43(39)41)33-15-20-46-38(25-33)8-4-22-48-46;1-2-6-20(7-3-1)21-10-13-26-27-14-11-22(23-12-15-30-31(18-23)33-19-32-30)17-29(27)25-9-5-4-8-24(25)28(26)16-21;1-2-4-18-17(3-1)19-7-5-15(23-27-11-25-12-28-23)10-22(19)20-8-6-16(9-21(18)20)24-29-13-26-14-30-24;1-2-7-17-15(5-1)16-6-3-4-8-18(16)20-11-14(9-10-19(17)20)21-23-12-22-13-24-21/h1-28H;1-19H;1-14H;1-13H. The second-order valence-electron chi connectivity index (χ2n) is 33.9. The molecule has 0 amide bonds. The Balaban J connectivity index is 0.0000000993. The molecule has 0 N–H and O–H groups in total. The van der Waals surface area contributed by atoms with Crippen LogP contribution in [-0.2, 0) is 0 Å². The number of benzene rings is 22. The van der Waals surface area contributed by atoms with Crippen molar-refractivity contribution in [3.8, 4) is 89.8 Å². The van der Waals surface area contributed by atoms with Crippen molar-refractivity contribution in [1.29, 1.82) is 0 Å². The lowest BCUT2D eigenvalue weighted by Gasteiger charge is -2.15. The van der Waals surface area contributed by atoms with Gasteiger partial charge in [-0.2, -0.15) is 0 Å². The van der Waals surface area contributed by atoms with Gasteiger partial charge in [0.15, 0.2) is 17.5 Å². The number of pyridine rings is 2. The van der Waals surface area contributed by atoms with E-state index in [-0.39, 0.29) is 0 Å². The molecule has 0 radical (unpaired) electrons. The van der Waals surface area contributed by atoms with E-state index in [1.165, 1.54) is 222 Å². The Bertz CT molecular complexity index is 9120. The molecule has 0 saturated carbocycles. The Hall–Kier alpha value is -18.0. The lowest BCUT2D eigenvalue weighted by molar-refractivity contribution is 1.06. The second kappa shape index (κ2) is 33.8. The van der Waals surface area contributed by atoms with E-state index in [4.69, 9.17) is 0 Å². The zero-order valence-corrected chi connectivity index (χ0v) is 73.3. The molecule has 6 aromatic heterocycles. The van der Waals surface area contributed by atoms with Crippen LogP contribution >= 0.6 is 11.3 Å². The van der Waals surface area contributed by atoms with Gasteiger partial charge >= 0.3 is 0 Å². The van der Waals surface area contributed by atoms with E-state index < -0.39 is 0 Å². The topological polar surface area (TPSA) is 155 Å². The van der Waals surface area contributed by atoms with Crippen LogP contribution < -0.4 is 0 Å². The molecule has 0 aliphatic rings. The first-order valence-electron chi connectivity index (χ1n) is 44.9. The molecule has 28 aromatic rings. The van der Waals surface area contributed by atoms with E-state index >= 15 is 0 Å². The van der Waals surface area contributed by atoms with Gasteiger partial charge in [-0.25, -0.2) is 49.8 Å². The largest absolute Gasteiger partial charge is 0.256 e. The Morgan fingerprint density at radius 2 is 0.385 bits per heavy atom. The number of hydrogen-bond acceptors (Lipinski definition) is 13. The second-order valence-corrected chi connectivity index (χ2v) is 34.8. The summed E-state index contributed by atoms with van der Waals surface area (Å²) in [5.41, 5.74) is 20.1. The first-order chi connectivity index (χ1) is 66.9. The molecule has 12 nitrogen and oxygen atoms in total. The van der Waals surface area contributed by atoms with Gasteiger partial charge in [-0.3, -0.25) is 9.97 Å². The van der Waals surface area contributed by atoms with Gasteiger partial charge in [-0.1, -0.05) is 291 Å². The third kappa shape index (κ3) is 14.6. The van der Waals surface area contributed by atoms with Gasteiger partial charge < -0.3 is 0 Å². The van der Waals surface area contributed by atoms with E-state index in [1.54, 1.807) is 11.3 Å². The van der Waals surface area contributed by atoms with Crippen LogP contribution in [0.4, 0.5) is 0 Å². The molecule has 0 bridgehead atoms. The predicted molar refractivity (Wildman–Crippen MR) is 561 cm³/mol. The van der Waals surface area contributed by atoms with E-state index in [0.717, 1.165) is 60.2 Å². The van der Waals surface area contributed by atoms with E-state index in [2.05, 4.69) is 442 Å². The average molecular weight is 1740 g/mol. The number of hydrogen-bond donors (Lipinski definition) is 0. The van der Waals surface area contributed by atoms with Crippen LogP contribution in [0.15, 0.2) is 450 Å². The Kier molecular flexibility index (Phi) is 19.8. The summed E-state index contributed by atoms with van der Waals surface area (Å²) in [6.07, 6.45) is 12.8. The first kappa shape index (κ1) is 79.2. The van der Waals surface area contributed by atoms with Crippen LogP contribution in [-0.4, -0.2) is 59.8 Å². The quantitative estimate of drug-likeness (QED) is 0.133. The van der Waals surface area contributed by atoms with Crippen molar-refractivity contribution >= 4 is 183 Å². The van der Waals surface area contributed by atoms with Crippen LogP contribution in [0.5, 0.6) is 0 Å². The summed E-state index contributed by atoms with van der Waals surface area (Å²) in [6.45, 7) is 0. The lowest BCUT2D eigenvalue weighted by atomic mass is 9.88. The minimum atomic E-state index is 0.662. The fourth-order valence-electron chi connectivity index (χ4n) is 19.9. The number of aromatic nitrogens is 12. The third-order valence-corrected chi connectivity index (χ3v) is 27.1. The van der Waals surface area contributed by atoms with Crippen LogP contribution in [0.25, 0.3) is 262 Å². The van der Waals surface area contributed by atoms with Crippen molar-refractivity contribution in [1.82, 2.24) is 59.8 Å². The van der Waals surface area contributed by atoms with E-state index in [9.17, 15) is 0 Å². The summed E-state index contributed by atoms with van der Waals surface area (Å²) in [7, 11) is 0. The molecule has 0 unspecified atom stereocenters. The van der Waals surface area contributed by atoms with Gasteiger partial charge in [0.25, 0.3) is 0 Å². The van der Waals surface area contributed by atoms with Crippen molar-refractivity contribution in [2.45, 2.75) is 0 Å². The molecule has 0 fully saturated rings. The molecular formula is C122H74N12S. The maximum absolute atomic E-state index is 4.54. The monoisotopic (exact) mass is 1740 g/mol. The predicted octanol–water partition coefficient (Wildman–Crippen LogP) is 31.3. The average Bonchev–Trinajstić information content (AvgIpc) is 0.825. The lowest BCUT2D eigenvalue weighted by Crippen LogP contribution is -1.91. The zero-order chi connectivity index (χ0) is 89.2. The minimum Gasteiger partial charge on any atom is -0.256 e. The molecule has 628 valence electrons. The van der Waals surface area contributed by atoms with Gasteiger partial charge in [-0.15, -0.1) is 11.3 Å². The molecule has 6 heterocycles. The zero-order valence-electron chi connectivity index (χ0n) is 72.5. The molecule has 28 rings (SSSR count). The minimum absolute atomic E-state index is 0.662. The fraction of sp³-hybridized carbons (Fsp3) is 0. The smallest absolute Gasteiger partial charge is 0.162 e. The molecule has 0 aliphatic carbocycles. The summed E-state index contributed by atoms with van der Waals surface area (Å²) < 4.78 is 1.23. The SMILES string of the molecule is c1ccc(-c2ccc3c4ccc(-c5ccc6ncsc6c5)cc4c4ccccc4c3c2)cc1.c1ccc2c(c1)c1ccc(-c3ncncn3)cc1c1ccc(-c3ncncn3)cc21.c1ccc2c(c1)c1ccccc1c1cc(-c3ncncn3)ccc21.c1ccc2cc(-c3ccc4c(c3)c3ccc(-c5ccc6ncccc6c5)cc3c3ccc(-c5ccc6ncccc6c5)cc43)ccc2c1.